The van der Waals surface area contributed by atoms with Crippen LogP contribution < -0.4 is 10.2 Å². The summed E-state index contributed by atoms with van der Waals surface area (Å²) in [4.78, 5) is 21.2. The number of halogens is 1. The van der Waals surface area contributed by atoms with Crippen LogP contribution in [0.5, 0.6) is 0 Å². The number of carbonyl (C=O) groups is 1. The number of hydrogen-bond donors (Lipinski definition) is 1. The predicted molar refractivity (Wildman–Crippen MR) is 58.2 cm³/mol. The molecule has 2 rings (SSSR count). The van der Waals surface area contributed by atoms with E-state index < -0.39 is 0 Å². The standard InChI is InChI=1S/C9H11ClN4O/c1-3-5-8(15)14(2)6-4-11-9(10)13-7(6)12-5/h4-5H,3H2,1-2H3,(H,11,12,13)/t5-/m0/s1. The molecule has 0 spiro atoms. The second-order valence-electron chi connectivity index (χ2n) is 3.38. The van der Waals surface area contributed by atoms with Crippen molar-refractivity contribution in [2.45, 2.75) is 19.4 Å². The first kappa shape index (κ1) is 10.2. The van der Waals surface area contributed by atoms with Gasteiger partial charge in [0, 0.05) is 7.05 Å². The van der Waals surface area contributed by atoms with Crippen LogP contribution in [0, 0.1) is 0 Å². The van der Waals surface area contributed by atoms with Gasteiger partial charge in [-0.05, 0) is 18.0 Å². The molecule has 0 radical (unpaired) electrons. The van der Waals surface area contributed by atoms with E-state index in [0.29, 0.717) is 17.9 Å². The van der Waals surface area contributed by atoms with Crippen molar-refractivity contribution in [1.82, 2.24) is 9.97 Å². The molecule has 80 valence electrons. The van der Waals surface area contributed by atoms with E-state index in [0.717, 1.165) is 0 Å². The van der Waals surface area contributed by atoms with Gasteiger partial charge >= 0.3 is 0 Å². The molecule has 0 aliphatic carbocycles. The van der Waals surface area contributed by atoms with Crippen molar-refractivity contribution in [3.63, 3.8) is 0 Å². The maximum absolute atomic E-state index is 11.8. The first-order valence-electron chi connectivity index (χ1n) is 4.70. The number of fused-ring (bicyclic) bond motifs is 1. The lowest BCUT2D eigenvalue weighted by molar-refractivity contribution is -0.119. The highest BCUT2D eigenvalue weighted by Gasteiger charge is 2.29. The second kappa shape index (κ2) is 3.66. The van der Waals surface area contributed by atoms with Crippen molar-refractivity contribution >= 4 is 29.0 Å². The van der Waals surface area contributed by atoms with Gasteiger partial charge in [-0.2, -0.15) is 4.98 Å². The summed E-state index contributed by atoms with van der Waals surface area (Å²) < 4.78 is 0. The highest BCUT2D eigenvalue weighted by atomic mass is 35.5. The molecule has 1 amide bonds. The van der Waals surface area contributed by atoms with Crippen molar-refractivity contribution in [2.75, 3.05) is 17.3 Å². The predicted octanol–water partition coefficient (Wildman–Crippen LogP) is 1.30. The average Bonchev–Trinajstić information content (AvgIpc) is 2.23. The number of anilines is 2. The summed E-state index contributed by atoms with van der Waals surface area (Å²) in [6, 6.07) is -0.228. The number of aromatic nitrogens is 2. The maximum atomic E-state index is 11.8. The van der Waals surface area contributed by atoms with E-state index in [1.54, 1.807) is 18.1 Å². The zero-order chi connectivity index (χ0) is 11.0. The summed E-state index contributed by atoms with van der Waals surface area (Å²) in [5.41, 5.74) is 0.661. The number of nitrogens with one attached hydrogen (secondary N) is 1. The fraction of sp³-hybridized carbons (Fsp3) is 0.444. The van der Waals surface area contributed by atoms with Gasteiger partial charge in [0.05, 0.1) is 6.20 Å². The minimum absolute atomic E-state index is 0.0240. The lowest BCUT2D eigenvalue weighted by atomic mass is 10.1. The van der Waals surface area contributed by atoms with E-state index in [1.807, 2.05) is 6.92 Å². The zero-order valence-corrected chi connectivity index (χ0v) is 9.25. The Kier molecular flexibility index (Phi) is 2.48. The van der Waals surface area contributed by atoms with Crippen LogP contribution in [0.15, 0.2) is 6.20 Å². The van der Waals surface area contributed by atoms with Gasteiger partial charge in [-0.25, -0.2) is 4.98 Å². The van der Waals surface area contributed by atoms with Crippen molar-refractivity contribution in [2.24, 2.45) is 0 Å². The zero-order valence-electron chi connectivity index (χ0n) is 8.49. The van der Waals surface area contributed by atoms with Gasteiger partial charge in [-0.1, -0.05) is 6.92 Å². The third-order valence-corrected chi connectivity index (χ3v) is 2.63. The molecule has 5 nitrogen and oxygen atoms in total. The largest absolute Gasteiger partial charge is 0.356 e. The van der Waals surface area contributed by atoms with Crippen LogP contribution in [0.1, 0.15) is 13.3 Å². The van der Waals surface area contributed by atoms with Crippen molar-refractivity contribution in [3.05, 3.63) is 11.5 Å². The van der Waals surface area contributed by atoms with E-state index in [2.05, 4.69) is 15.3 Å². The van der Waals surface area contributed by atoms with Crippen molar-refractivity contribution in [3.8, 4) is 0 Å². The van der Waals surface area contributed by atoms with Gasteiger partial charge in [-0.15, -0.1) is 0 Å². The molecule has 1 aliphatic heterocycles. The highest BCUT2D eigenvalue weighted by molar-refractivity contribution is 6.28. The van der Waals surface area contributed by atoms with Gasteiger partial charge in [0.15, 0.2) is 5.82 Å². The van der Waals surface area contributed by atoms with Crippen LogP contribution in [0.25, 0.3) is 0 Å². The Morgan fingerprint density at radius 2 is 2.40 bits per heavy atom. The fourth-order valence-electron chi connectivity index (χ4n) is 1.56. The Hall–Kier alpha value is -1.36. The smallest absolute Gasteiger partial charge is 0.249 e. The molecule has 0 saturated carbocycles. The number of carbonyl (C=O) groups excluding carboxylic acids is 1. The molecule has 6 heteroatoms. The minimum Gasteiger partial charge on any atom is -0.356 e. The Balaban J connectivity index is 2.45. The van der Waals surface area contributed by atoms with Crippen LogP contribution in [-0.2, 0) is 4.79 Å². The number of likely N-dealkylation sites (N-methyl/N-ethyl adjacent to an activating group) is 1. The fourth-order valence-corrected chi connectivity index (χ4v) is 1.69. The highest BCUT2D eigenvalue weighted by Crippen LogP contribution is 2.29. The van der Waals surface area contributed by atoms with Crippen LogP contribution >= 0.6 is 11.6 Å². The molecule has 0 fully saturated rings. The molecule has 1 atom stereocenters. The van der Waals surface area contributed by atoms with Gasteiger partial charge in [0.2, 0.25) is 11.2 Å². The summed E-state index contributed by atoms with van der Waals surface area (Å²) >= 11 is 5.69. The monoisotopic (exact) mass is 226 g/mol. The Labute approximate surface area is 92.5 Å². The number of rotatable bonds is 1. The summed E-state index contributed by atoms with van der Waals surface area (Å²) in [6.45, 7) is 1.94. The van der Waals surface area contributed by atoms with Crippen LogP contribution in [0.4, 0.5) is 11.5 Å². The summed E-state index contributed by atoms with van der Waals surface area (Å²) in [6.07, 6.45) is 2.26. The van der Waals surface area contributed by atoms with Crippen molar-refractivity contribution in [1.29, 1.82) is 0 Å². The van der Waals surface area contributed by atoms with E-state index in [-0.39, 0.29) is 17.2 Å². The Morgan fingerprint density at radius 1 is 1.67 bits per heavy atom. The number of amides is 1. The van der Waals surface area contributed by atoms with Gasteiger partial charge in [0.1, 0.15) is 11.7 Å². The summed E-state index contributed by atoms with van der Waals surface area (Å²) in [7, 11) is 1.71. The Bertz CT molecular complexity index is 409. The normalized spacial score (nSPS) is 19.8. The van der Waals surface area contributed by atoms with Crippen molar-refractivity contribution < 1.29 is 4.79 Å². The lowest BCUT2D eigenvalue weighted by Gasteiger charge is -2.31. The van der Waals surface area contributed by atoms with Gasteiger partial charge < -0.3 is 10.2 Å². The molecule has 1 aliphatic rings. The first-order chi connectivity index (χ1) is 7.13. The lowest BCUT2D eigenvalue weighted by Crippen LogP contribution is -2.45. The second-order valence-corrected chi connectivity index (χ2v) is 3.71. The quantitative estimate of drug-likeness (QED) is 0.734. The van der Waals surface area contributed by atoms with Crippen LogP contribution in [-0.4, -0.2) is 29.0 Å². The van der Waals surface area contributed by atoms with Gasteiger partial charge in [-0.3, -0.25) is 4.79 Å². The third kappa shape index (κ3) is 1.63. The molecule has 0 saturated heterocycles. The molecule has 0 unspecified atom stereocenters. The molecule has 15 heavy (non-hydrogen) atoms. The molecule has 1 N–H and O–H groups in total. The van der Waals surface area contributed by atoms with E-state index in [1.165, 1.54) is 0 Å². The molecule has 1 aromatic heterocycles. The molecular weight excluding hydrogens is 216 g/mol. The number of nitrogens with zero attached hydrogens (tertiary/aromatic N) is 3. The molecule has 0 bridgehead atoms. The molecule has 1 aromatic rings. The van der Waals surface area contributed by atoms with E-state index in [9.17, 15) is 4.79 Å². The molecule has 2 heterocycles. The third-order valence-electron chi connectivity index (χ3n) is 2.45. The topological polar surface area (TPSA) is 58.1 Å². The first-order valence-corrected chi connectivity index (χ1v) is 5.08. The summed E-state index contributed by atoms with van der Waals surface area (Å²) in [5, 5.41) is 3.22. The van der Waals surface area contributed by atoms with E-state index >= 15 is 0 Å². The molecule has 0 aromatic carbocycles. The van der Waals surface area contributed by atoms with E-state index in [4.69, 9.17) is 11.6 Å². The maximum Gasteiger partial charge on any atom is 0.249 e. The Morgan fingerprint density at radius 3 is 3.07 bits per heavy atom. The molecular formula is C9H11ClN4O. The number of hydrogen-bond acceptors (Lipinski definition) is 4. The summed E-state index contributed by atoms with van der Waals surface area (Å²) in [5.74, 6) is 0.639. The SMILES string of the molecule is CC[C@@H]1Nc2nc(Cl)ncc2N(C)C1=O. The van der Waals surface area contributed by atoms with Crippen LogP contribution in [0.3, 0.4) is 0 Å². The minimum atomic E-state index is -0.228. The van der Waals surface area contributed by atoms with Gasteiger partial charge in [0.25, 0.3) is 0 Å². The average molecular weight is 227 g/mol. The van der Waals surface area contributed by atoms with Crippen LogP contribution in [0.2, 0.25) is 5.28 Å².